The molecule has 10 heteroatoms. The number of pyridine rings is 1. The Morgan fingerprint density at radius 2 is 1.90 bits per heavy atom. The van der Waals surface area contributed by atoms with E-state index in [4.69, 9.17) is 4.74 Å². The average Bonchev–Trinajstić information content (AvgIpc) is 3.12. The van der Waals surface area contributed by atoms with Crippen LogP contribution in [0.15, 0.2) is 47.5 Å². The molecule has 164 valence electrons. The topological polar surface area (TPSA) is 106 Å². The maximum absolute atomic E-state index is 13.1. The summed E-state index contributed by atoms with van der Waals surface area (Å²) in [6, 6.07) is 10.1. The highest BCUT2D eigenvalue weighted by Gasteiger charge is 2.31. The van der Waals surface area contributed by atoms with Crippen molar-refractivity contribution in [2.45, 2.75) is 37.3 Å². The fourth-order valence-electron chi connectivity index (χ4n) is 3.99. The van der Waals surface area contributed by atoms with Gasteiger partial charge < -0.3 is 14.6 Å². The minimum Gasteiger partial charge on any atom is -0.377 e. The molecule has 1 aromatic carbocycles. The third kappa shape index (κ3) is 4.32. The largest absolute Gasteiger partial charge is 0.377 e. The molecule has 0 spiro atoms. The second-order valence-corrected chi connectivity index (χ2v) is 9.46. The number of aromatic nitrogens is 3. The molecule has 1 saturated heterocycles. The Morgan fingerprint density at radius 1 is 1.19 bits per heavy atom. The van der Waals surface area contributed by atoms with E-state index in [0.29, 0.717) is 38.2 Å². The van der Waals surface area contributed by atoms with Crippen LogP contribution in [0.2, 0.25) is 0 Å². The maximum atomic E-state index is 13.1. The summed E-state index contributed by atoms with van der Waals surface area (Å²) >= 11 is 0. The molecular weight excluding hydrogens is 418 g/mol. The molecule has 1 aliphatic rings. The number of ether oxygens (including phenoxy) is 1. The van der Waals surface area contributed by atoms with Crippen molar-refractivity contribution >= 4 is 32.8 Å². The van der Waals surface area contributed by atoms with Gasteiger partial charge in [0.1, 0.15) is 17.9 Å². The van der Waals surface area contributed by atoms with E-state index < -0.39 is 10.0 Å². The smallest absolute Gasteiger partial charge is 0.243 e. The summed E-state index contributed by atoms with van der Waals surface area (Å²) in [4.78, 5) is 20.5. The highest BCUT2D eigenvalue weighted by atomic mass is 32.2. The maximum Gasteiger partial charge on any atom is 0.243 e. The number of sulfonamides is 1. The van der Waals surface area contributed by atoms with E-state index in [0.717, 1.165) is 17.0 Å². The van der Waals surface area contributed by atoms with Gasteiger partial charge in [-0.3, -0.25) is 4.79 Å². The van der Waals surface area contributed by atoms with Gasteiger partial charge in [0.2, 0.25) is 15.9 Å². The van der Waals surface area contributed by atoms with Crippen LogP contribution in [-0.4, -0.2) is 53.4 Å². The Kier molecular flexibility index (Phi) is 6.03. The molecule has 0 unspecified atom stereocenters. The second kappa shape index (κ2) is 8.74. The molecule has 0 bridgehead atoms. The number of nitrogens with zero attached hydrogens (tertiary/aromatic N) is 4. The number of carbonyl (C=O) groups excluding carboxylic acids is 1. The van der Waals surface area contributed by atoms with E-state index in [9.17, 15) is 13.2 Å². The molecule has 0 aliphatic carbocycles. The van der Waals surface area contributed by atoms with Crippen molar-refractivity contribution in [3.05, 3.63) is 48.4 Å². The first kappa shape index (κ1) is 21.4. The van der Waals surface area contributed by atoms with Crippen molar-refractivity contribution in [3.63, 3.8) is 0 Å². The molecule has 31 heavy (non-hydrogen) atoms. The molecule has 0 radical (unpaired) electrons. The van der Waals surface area contributed by atoms with Gasteiger partial charge in [-0.15, -0.1) is 0 Å². The second-order valence-electron chi connectivity index (χ2n) is 7.52. The van der Waals surface area contributed by atoms with Crippen LogP contribution < -0.4 is 5.32 Å². The molecule has 1 aliphatic heterocycles. The normalized spacial score (nSPS) is 15.9. The molecule has 3 heterocycles. The van der Waals surface area contributed by atoms with E-state index in [1.807, 2.05) is 12.1 Å². The fourth-order valence-corrected chi connectivity index (χ4v) is 5.46. The number of rotatable bonds is 6. The predicted octanol–water partition coefficient (Wildman–Crippen LogP) is 2.56. The van der Waals surface area contributed by atoms with Gasteiger partial charge in [0.15, 0.2) is 5.65 Å². The first-order valence-corrected chi connectivity index (χ1v) is 11.5. The molecule has 9 nitrogen and oxygen atoms in total. The Bertz CT molecular complexity index is 1180. The van der Waals surface area contributed by atoms with Crippen LogP contribution in [0.4, 0.5) is 5.69 Å². The van der Waals surface area contributed by atoms with Crippen LogP contribution >= 0.6 is 0 Å². The summed E-state index contributed by atoms with van der Waals surface area (Å²) in [5.74, 6) is 0.595. The average molecular weight is 444 g/mol. The van der Waals surface area contributed by atoms with Gasteiger partial charge >= 0.3 is 0 Å². The SMILES string of the molecule is COCc1nc2cccnc2n1C1CCN(S(=O)(=O)c2ccc(NC(C)=O)cc2)CC1. The summed E-state index contributed by atoms with van der Waals surface area (Å²) in [5, 5.41) is 2.64. The molecule has 0 saturated carbocycles. The molecule has 1 N–H and O–H groups in total. The number of hydrogen-bond donors (Lipinski definition) is 1. The summed E-state index contributed by atoms with van der Waals surface area (Å²) in [7, 11) is -1.98. The highest BCUT2D eigenvalue weighted by Crippen LogP contribution is 2.31. The van der Waals surface area contributed by atoms with Crippen LogP contribution in [0.3, 0.4) is 0 Å². The molecule has 0 atom stereocenters. The van der Waals surface area contributed by atoms with Crippen molar-refractivity contribution in [2.75, 3.05) is 25.5 Å². The number of benzene rings is 1. The number of amides is 1. The van der Waals surface area contributed by atoms with E-state index in [-0.39, 0.29) is 16.8 Å². The van der Waals surface area contributed by atoms with Crippen molar-refractivity contribution < 1.29 is 17.9 Å². The lowest BCUT2D eigenvalue weighted by Gasteiger charge is -2.32. The van der Waals surface area contributed by atoms with Gasteiger partial charge in [0.05, 0.1) is 4.90 Å². The van der Waals surface area contributed by atoms with Gasteiger partial charge in [-0.1, -0.05) is 0 Å². The molecule has 3 aromatic rings. The number of fused-ring (bicyclic) bond motifs is 1. The van der Waals surface area contributed by atoms with Gasteiger partial charge in [0.25, 0.3) is 0 Å². The Balaban J connectivity index is 1.52. The van der Waals surface area contributed by atoms with Crippen LogP contribution in [-0.2, 0) is 26.2 Å². The first-order chi connectivity index (χ1) is 14.9. The standard InChI is InChI=1S/C21H25N5O4S/c1-15(27)23-16-5-7-18(8-6-16)31(28,29)25-12-9-17(10-13-25)26-20(14-30-2)24-19-4-3-11-22-21(19)26/h3-8,11,17H,9-10,12-14H2,1-2H3,(H,23,27). The predicted molar refractivity (Wildman–Crippen MR) is 116 cm³/mol. The van der Waals surface area contributed by atoms with E-state index >= 15 is 0 Å². The summed E-state index contributed by atoms with van der Waals surface area (Å²) < 4.78 is 35.1. The lowest BCUT2D eigenvalue weighted by Crippen LogP contribution is -2.39. The summed E-state index contributed by atoms with van der Waals surface area (Å²) in [6.45, 7) is 2.58. The minimum atomic E-state index is -3.61. The zero-order valence-electron chi connectivity index (χ0n) is 17.5. The highest BCUT2D eigenvalue weighted by molar-refractivity contribution is 7.89. The number of anilines is 1. The molecule has 4 rings (SSSR count). The number of imidazole rings is 1. The van der Waals surface area contributed by atoms with Crippen molar-refractivity contribution in [1.82, 2.24) is 18.8 Å². The molecule has 2 aromatic heterocycles. The van der Waals surface area contributed by atoms with Gasteiger partial charge in [-0.05, 0) is 49.2 Å². The molecule has 1 fully saturated rings. The number of carbonyl (C=O) groups is 1. The Labute approximate surface area is 181 Å². The first-order valence-electron chi connectivity index (χ1n) is 10.1. The van der Waals surface area contributed by atoms with Crippen molar-refractivity contribution in [3.8, 4) is 0 Å². The van der Waals surface area contributed by atoms with E-state index in [2.05, 4.69) is 19.9 Å². The summed E-state index contributed by atoms with van der Waals surface area (Å²) in [6.07, 6.45) is 3.05. The van der Waals surface area contributed by atoms with Crippen LogP contribution in [0.5, 0.6) is 0 Å². The molecule has 1 amide bonds. The van der Waals surface area contributed by atoms with Gasteiger partial charge in [-0.25, -0.2) is 18.4 Å². The molecular formula is C21H25N5O4S. The fraction of sp³-hybridized carbons (Fsp3) is 0.381. The summed E-state index contributed by atoms with van der Waals surface area (Å²) in [5.41, 5.74) is 2.17. The third-order valence-electron chi connectivity index (χ3n) is 5.40. The van der Waals surface area contributed by atoms with Crippen LogP contribution in [0.25, 0.3) is 11.2 Å². The zero-order valence-corrected chi connectivity index (χ0v) is 18.3. The third-order valence-corrected chi connectivity index (χ3v) is 7.31. The Hall–Kier alpha value is -2.82. The van der Waals surface area contributed by atoms with Crippen LogP contribution in [0, 0.1) is 0 Å². The number of piperidine rings is 1. The number of nitrogens with one attached hydrogen (secondary N) is 1. The lowest BCUT2D eigenvalue weighted by molar-refractivity contribution is -0.114. The van der Waals surface area contributed by atoms with Crippen LogP contribution in [0.1, 0.15) is 31.6 Å². The number of methoxy groups -OCH3 is 1. The zero-order chi connectivity index (χ0) is 22.0. The number of hydrogen-bond acceptors (Lipinski definition) is 6. The van der Waals surface area contributed by atoms with Gasteiger partial charge in [-0.2, -0.15) is 4.31 Å². The lowest BCUT2D eigenvalue weighted by atomic mass is 10.1. The van der Waals surface area contributed by atoms with Gasteiger partial charge in [0, 0.05) is 45.0 Å². The van der Waals surface area contributed by atoms with E-state index in [1.54, 1.807) is 25.4 Å². The van der Waals surface area contributed by atoms with Crippen molar-refractivity contribution in [1.29, 1.82) is 0 Å². The quantitative estimate of drug-likeness (QED) is 0.628. The van der Waals surface area contributed by atoms with E-state index in [1.165, 1.54) is 23.4 Å². The van der Waals surface area contributed by atoms with Crippen molar-refractivity contribution in [2.24, 2.45) is 0 Å². The Morgan fingerprint density at radius 3 is 2.55 bits per heavy atom. The monoisotopic (exact) mass is 443 g/mol. The minimum absolute atomic E-state index is 0.0960.